The molecule has 0 saturated carbocycles. The summed E-state index contributed by atoms with van der Waals surface area (Å²) in [5, 5.41) is 9.49. The van der Waals surface area contributed by atoms with Gasteiger partial charge in [0.1, 0.15) is 0 Å². The minimum Gasteiger partial charge on any atom is -0.521 e. The Kier molecular flexibility index (Phi) is 8.47. The third-order valence-electron chi connectivity index (χ3n) is 0.423. The fraction of sp³-hybridized carbons (Fsp3) is 0.333. The van der Waals surface area contributed by atoms with Gasteiger partial charge in [0.25, 0.3) is 12.1 Å². The van der Waals surface area contributed by atoms with E-state index in [1.807, 2.05) is 0 Å². The largest absolute Gasteiger partial charge is 1.00 e. The molecular formula is C3H3ClKNO4. The number of halogens is 1. The molecular weight excluding hydrogens is 189 g/mol. The van der Waals surface area contributed by atoms with Crippen molar-refractivity contribution in [1.29, 1.82) is 0 Å². The summed E-state index contributed by atoms with van der Waals surface area (Å²) in [5.74, 6) is -1.07. The van der Waals surface area contributed by atoms with E-state index >= 15 is 0 Å². The van der Waals surface area contributed by atoms with Gasteiger partial charge in [-0.3, -0.25) is 4.79 Å². The molecule has 0 radical (unpaired) electrons. The number of hydrogen-bond acceptors (Lipinski definition) is 4. The molecule has 52 valence electrons. The fourth-order valence-corrected chi connectivity index (χ4v) is 0.215. The van der Waals surface area contributed by atoms with E-state index in [-0.39, 0.29) is 51.4 Å². The number of ether oxygens (including phenoxy) is 1. The SMILES string of the molecule is NC(=O)C(Cl)OC(=O)[O-].[K+]. The molecule has 1 amide bonds. The number of alkyl halides is 1. The first kappa shape index (κ1) is 13.3. The third-order valence-corrected chi connectivity index (χ3v) is 0.728. The molecule has 0 aliphatic heterocycles. The van der Waals surface area contributed by atoms with Crippen molar-refractivity contribution < 1.29 is 70.8 Å². The number of rotatable bonds is 2. The van der Waals surface area contributed by atoms with Gasteiger partial charge in [-0.15, -0.1) is 0 Å². The van der Waals surface area contributed by atoms with Gasteiger partial charge in [-0.2, -0.15) is 0 Å². The molecule has 1 unspecified atom stereocenters. The summed E-state index contributed by atoms with van der Waals surface area (Å²) >= 11 is 4.89. The summed E-state index contributed by atoms with van der Waals surface area (Å²) < 4.78 is 3.61. The average molecular weight is 192 g/mol. The van der Waals surface area contributed by atoms with E-state index in [9.17, 15) is 14.7 Å². The Hall–Kier alpha value is 0.666. The molecule has 0 spiro atoms. The number of primary amides is 1. The Labute approximate surface area is 104 Å². The van der Waals surface area contributed by atoms with Crippen molar-refractivity contribution in [3.8, 4) is 0 Å². The van der Waals surface area contributed by atoms with Gasteiger partial charge in [-0.25, -0.2) is 0 Å². The molecule has 7 heteroatoms. The third kappa shape index (κ3) is 6.78. The van der Waals surface area contributed by atoms with Crippen molar-refractivity contribution in [2.45, 2.75) is 5.56 Å². The normalized spacial score (nSPS) is 10.9. The van der Waals surface area contributed by atoms with Gasteiger partial charge in [0, 0.05) is 0 Å². The quantitative estimate of drug-likeness (QED) is 0.270. The monoisotopic (exact) mass is 191 g/mol. The van der Waals surface area contributed by atoms with Gasteiger partial charge in [-0.1, -0.05) is 11.6 Å². The number of amides is 1. The maximum Gasteiger partial charge on any atom is 1.00 e. The van der Waals surface area contributed by atoms with Crippen LogP contribution in [-0.2, 0) is 9.53 Å². The van der Waals surface area contributed by atoms with Gasteiger partial charge >= 0.3 is 51.4 Å². The molecule has 0 bridgehead atoms. The zero-order valence-corrected chi connectivity index (χ0v) is 9.04. The zero-order valence-electron chi connectivity index (χ0n) is 5.17. The molecule has 0 aromatic rings. The van der Waals surface area contributed by atoms with Crippen LogP contribution in [-0.4, -0.2) is 17.6 Å². The van der Waals surface area contributed by atoms with Gasteiger partial charge < -0.3 is 20.4 Å². The molecule has 2 N–H and O–H groups in total. The number of carboxylic acid groups (broad SMARTS) is 1. The average Bonchev–Trinajstić information content (AvgIpc) is 1.63. The van der Waals surface area contributed by atoms with E-state index in [0.717, 1.165) is 0 Å². The molecule has 0 saturated heterocycles. The summed E-state index contributed by atoms with van der Waals surface area (Å²) in [4.78, 5) is 19.4. The van der Waals surface area contributed by atoms with Gasteiger partial charge in [0.05, 0.1) is 0 Å². The van der Waals surface area contributed by atoms with Crippen molar-refractivity contribution in [1.82, 2.24) is 0 Å². The second kappa shape index (κ2) is 6.38. The molecule has 0 aliphatic rings. The number of hydrogen-bond donors (Lipinski definition) is 1. The van der Waals surface area contributed by atoms with E-state index in [4.69, 9.17) is 11.6 Å². The predicted octanol–water partition coefficient (Wildman–Crippen LogP) is -4.60. The van der Waals surface area contributed by atoms with Crippen molar-refractivity contribution in [2.24, 2.45) is 5.73 Å². The van der Waals surface area contributed by atoms with Crippen molar-refractivity contribution in [2.75, 3.05) is 0 Å². The first-order valence-electron chi connectivity index (χ1n) is 1.85. The van der Waals surface area contributed by atoms with Crippen LogP contribution in [0.5, 0.6) is 0 Å². The van der Waals surface area contributed by atoms with Crippen LogP contribution < -0.4 is 62.2 Å². The minimum atomic E-state index is -1.88. The van der Waals surface area contributed by atoms with Crippen LogP contribution in [0.15, 0.2) is 0 Å². The van der Waals surface area contributed by atoms with Crippen LogP contribution >= 0.6 is 11.6 Å². The second-order valence-corrected chi connectivity index (χ2v) is 1.48. The Bertz CT molecular complexity index is 140. The molecule has 0 aromatic carbocycles. The molecule has 1 atom stereocenters. The summed E-state index contributed by atoms with van der Waals surface area (Å²) in [6.07, 6.45) is -1.88. The summed E-state index contributed by atoms with van der Waals surface area (Å²) in [7, 11) is 0. The van der Waals surface area contributed by atoms with Crippen LogP contribution in [0.2, 0.25) is 0 Å². The summed E-state index contributed by atoms with van der Waals surface area (Å²) in [6, 6.07) is 0. The summed E-state index contributed by atoms with van der Waals surface area (Å²) in [6.45, 7) is 0. The van der Waals surface area contributed by atoms with Crippen LogP contribution in [0.25, 0.3) is 0 Å². The molecule has 10 heavy (non-hydrogen) atoms. The molecule has 0 rings (SSSR count). The van der Waals surface area contributed by atoms with Crippen LogP contribution in [0.1, 0.15) is 0 Å². The number of carbonyl (C=O) groups excluding carboxylic acids is 2. The molecule has 0 aliphatic carbocycles. The van der Waals surface area contributed by atoms with E-state index in [1.165, 1.54) is 0 Å². The predicted molar refractivity (Wildman–Crippen MR) is 25.3 cm³/mol. The number of nitrogens with two attached hydrogens (primary N) is 1. The second-order valence-electron chi connectivity index (χ2n) is 1.09. The standard InChI is InChI=1S/C3H4ClNO4.K/c4-1(2(5)6)9-3(7)8;/h1H,(H2,5,6)(H,7,8);/q;+1/p-1. The first-order chi connectivity index (χ1) is 4.04. The summed E-state index contributed by atoms with van der Waals surface area (Å²) in [5.41, 5.74) is 2.84. The fourth-order valence-electron chi connectivity index (χ4n) is 0.143. The van der Waals surface area contributed by atoms with Crippen LogP contribution in [0, 0.1) is 0 Å². The van der Waals surface area contributed by atoms with E-state index in [2.05, 4.69) is 10.5 Å². The van der Waals surface area contributed by atoms with Crippen LogP contribution in [0.4, 0.5) is 4.79 Å². The van der Waals surface area contributed by atoms with Gasteiger partial charge in [-0.05, 0) is 0 Å². The Balaban J connectivity index is 0. The van der Waals surface area contributed by atoms with E-state index in [1.54, 1.807) is 0 Å². The zero-order chi connectivity index (χ0) is 7.44. The molecule has 5 nitrogen and oxygen atoms in total. The van der Waals surface area contributed by atoms with Crippen molar-refractivity contribution in [3.63, 3.8) is 0 Å². The Morgan fingerprint density at radius 3 is 2.10 bits per heavy atom. The smallest absolute Gasteiger partial charge is 0.521 e. The van der Waals surface area contributed by atoms with Crippen molar-refractivity contribution >= 4 is 23.7 Å². The maximum atomic E-state index is 9.91. The topological polar surface area (TPSA) is 92.5 Å². The van der Waals surface area contributed by atoms with E-state index < -0.39 is 17.6 Å². The van der Waals surface area contributed by atoms with Crippen LogP contribution in [0.3, 0.4) is 0 Å². The molecule has 0 aromatic heterocycles. The van der Waals surface area contributed by atoms with E-state index in [0.29, 0.717) is 0 Å². The Morgan fingerprint density at radius 1 is 1.60 bits per heavy atom. The number of carbonyl (C=O) groups is 2. The maximum absolute atomic E-state index is 9.91. The Morgan fingerprint density at radius 2 is 2.00 bits per heavy atom. The van der Waals surface area contributed by atoms with Gasteiger partial charge in [0.2, 0.25) is 0 Å². The first-order valence-corrected chi connectivity index (χ1v) is 2.28. The van der Waals surface area contributed by atoms with Crippen molar-refractivity contribution in [3.05, 3.63) is 0 Å². The molecule has 0 fully saturated rings. The minimum absolute atomic E-state index is 0. The molecule has 0 heterocycles. The van der Waals surface area contributed by atoms with Gasteiger partial charge in [0.15, 0.2) is 5.56 Å².